The van der Waals surface area contributed by atoms with Crippen LogP contribution in [0.5, 0.6) is 0 Å². The molecule has 1 aliphatic rings. The van der Waals surface area contributed by atoms with Gasteiger partial charge in [0.2, 0.25) is 0 Å². The Morgan fingerprint density at radius 1 is 1.33 bits per heavy atom. The fourth-order valence-electron chi connectivity index (χ4n) is 1.09. The number of aliphatic hydroxyl groups is 2. The third kappa shape index (κ3) is 1.93. The number of aliphatic hydroxyl groups excluding tert-OH is 2. The van der Waals surface area contributed by atoms with Crippen LogP contribution in [0.25, 0.3) is 0 Å². The average molecular weight is 132 g/mol. The van der Waals surface area contributed by atoms with E-state index in [-0.39, 0.29) is 12.2 Å². The molecular weight excluding hydrogens is 120 g/mol. The molecule has 1 heterocycles. The molecule has 9 heavy (non-hydrogen) atoms. The monoisotopic (exact) mass is 132 g/mol. The van der Waals surface area contributed by atoms with Gasteiger partial charge in [-0.3, -0.25) is 0 Å². The lowest BCUT2D eigenvalue weighted by atomic mass is 10.1. The molecule has 0 aromatic carbocycles. The highest BCUT2D eigenvalue weighted by molar-refractivity contribution is 4.68. The lowest BCUT2D eigenvalue weighted by Gasteiger charge is -2.27. The van der Waals surface area contributed by atoms with Crippen molar-refractivity contribution in [1.82, 2.24) is 0 Å². The Kier molecular flexibility index (Phi) is 2.05. The summed E-state index contributed by atoms with van der Waals surface area (Å²) in [4.78, 5) is 0. The molecule has 0 aliphatic carbocycles. The molecule has 0 saturated carbocycles. The van der Waals surface area contributed by atoms with Crippen LogP contribution in [0, 0.1) is 0 Å². The first-order chi connectivity index (χ1) is 4.18. The van der Waals surface area contributed by atoms with Crippen molar-refractivity contribution in [2.75, 3.05) is 0 Å². The van der Waals surface area contributed by atoms with Crippen LogP contribution >= 0.6 is 0 Å². The molecule has 0 bridgehead atoms. The summed E-state index contributed by atoms with van der Waals surface area (Å²) in [5, 5.41) is 17.9. The molecule has 0 spiro atoms. The van der Waals surface area contributed by atoms with E-state index in [0.29, 0.717) is 12.8 Å². The van der Waals surface area contributed by atoms with E-state index in [4.69, 9.17) is 14.9 Å². The van der Waals surface area contributed by atoms with Gasteiger partial charge in [-0.2, -0.15) is 0 Å². The van der Waals surface area contributed by atoms with Crippen LogP contribution < -0.4 is 0 Å². The minimum atomic E-state index is -0.760. The zero-order valence-electron chi connectivity index (χ0n) is 5.45. The van der Waals surface area contributed by atoms with Crippen molar-refractivity contribution in [3.8, 4) is 0 Å². The van der Waals surface area contributed by atoms with Crippen LogP contribution in [0.3, 0.4) is 0 Å². The Balaban J connectivity index is 2.34. The third-order valence-electron chi connectivity index (χ3n) is 1.47. The molecule has 1 saturated heterocycles. The highest BCUT2D eigenvalue weighted by atomic mass is 16.6. The van der Waals surface area contributed by atoms with Crippen LogP contribution in [-0.4, -0.2) is 28.7 Å². The molecule has 1 aliphatic heterocycles. The number of hydrogen-bond acceptors (Lipinski definition) is 3. The van der Waals surface area contributed by atoms with E-state index >= 15 is 0 Å². The van der Waals surface area contributed by atoms with Crippen molar-refractivity contribution in [1.29, 1.82) is 0 Å². The predicted octanol–water partition coefficient (Wildman–Crippen LogP) is -0.135. The second-order valence-corrected chi connectivity index (χ2v) is 2.53. The maximum absolute atomic E-state index is 9.01. The Bertz CT molecular complexity index is 69.3. The standard InChI is InChI=1S/C6H12O3/c1-4-2-5(7)3-6(8)9-4/h4-8H,2-3H2,1H3/t4?,5?,6-/m0/s1. The van der Waals surface area contributed by atoms with Gasteiger partial charge in [0.25, 0.3) is 0 Å². The molecule has 0 amide bonds. The topological polar surface area (TPSA) is 49.7 Å². The average Bonchev–Trinajstić information content (AvgIpc) is 1.59. The van der Waals surface area contributed by atoms with Gasteiger partial charge in [-0.05, 0) is 13.3 Å². The normalized spacial score (nSPS) is 45.0. The third-order valence-corrected chi connectivity index (χ3v) is 1.47. The molecule has 3 atom stereocenters. The van der Waals surface area contributed by atoms with Gasteiger partial charge < -0.3 is 14.9 Å². The molecule has 1 rings (SSSR count). The zero-order valence-corrected chi connectivity index (χ0v) is 5.45. The van der Waals surface area contributed by atoms with Gasteiger partial charge in [-0.1, -0.05) is 0 Å². The van der Waals surface area contributed by atoms with Crippen LogP contribution in [0.2, 0.25) is 0 Å². The van der Waals surface area contributed by atoms with Crippen molar-refractivity contribution >= 4 is 0 Å². The van der Waals surface area contributed by atoms with Crippen molar-refractivity contribution < 1.29 is 14.9 Å². The molecule has 0 aromatic heterocycles. The van der Waals surface area contributed by atoms with Gasteiger partial charge in [0, 0.05) is 6.42 Å². The molecule has 3 nitrogen and oxygen atoms in total. The fourth-order valence-corrected chi connectivity index (χ4v) is 1.09. The Hall–Kier alpha value is -0.120. The summed E-state index contributed by atoms with van der Waals surface area (Å²) in [7, 11) is 0. The molecule has 0 aromatic rings. The summed E-state index contributed by atoms with van der Waals surface area (Å²) in [5.74, 6) is 0. The van der Waals surface area contributed by atoms with E-state index in [2.05, 4.69) is 0 Å². The Morgan fingerprint density at radius 2 is 2.00 bits per heavy atom. The molecule has 54 valence electrons. The van der Waals surface area contributed by atoms with Crippen LogP contribution in [-0.2, 0) is 4.74 Å². The smallest absolute Gasteiger partial charge is 0.157 e. The minimum absolute atomic E-state index is 0.0104. The largest absolute Gasteiger partial charge is 0.393 e. The fraction of sp³-hybridized carbons (Fsp3) is 1.00. The summed E-state index contributed by atoms with van der Waals surface area (Å²) >= 11 is 0. The van der Waals surface area contributed by atoms with E-state index in [1.54, 1.807) is 0 Å². The van der Waals surface area contributed by atoms with Crippen molar-refractivity contribution in [3.05, 3.63) is 0 Å². The highest BCUT2D eigenvalue weighted by Gasteiger charge is 2.23. The summed E-state index contributed by atoms with van der Waals surface area (Å²) in [6, 6.07) is 0. The Morgan fingerprint density at radius 3 is 2.44 bits per heavy atom. The second-order valence-electron chi connectivity index (χ2n) is 2.53. The lowest BCUT2D eigenvalue weighted by Crippen LogP contribution is -2.33. The molecule has 0 radical (unpaired) electrons. The quantitative estimate of drug-likeness (QED) is 0.482. The van der Waals surface area contributed by atoms with Gasteiger partial charge >= 0.3 is 0 Å². The predicted molar refractivity (Wildman–Crippen MR) is 31.8 cm³/mol. The Labute approximate surface area is 54.3 Å². The minimum Gasteiger partial charge on any atom is -0.393 e. The number of ether oxygens (including phenoxy) is 1. The SMILES string of the molecule is CC1CC(O)C[C@@H](O)O1. The van der Waals surface area contributed by atoms with E-state index in [1.807, 2.05) is 6.92 Å². The van der Waals surface area contributed by atoms with Crippen molar-refractivity contribution in [2.45, 2.75) is 38.3 Å². The molecule has 2 N–H and O–H groups in total. The van der Waals surface area contributed by atoms with Crippen LogP contribution in [0.1, 0.15) is 19.8 Å². The van der Waals surface area contributed by atoms with Crippen LogP contribution in [0.4, 0.5) is 0 Å². The van der Waals surface area contributed by atoms with E-state index < -0.39 is 6.29 Å². The first kappa shape index (κ1) is 6.99. The first-order valence-electron chi connectivity index (χ1n) is 3.20. The maximum atomic E-state index is 9.01. The summed E-state index contributed by atoms with van der Waals surface area (Å²) in [5.41, 5.74) is 0. The highest BCUT2D eigenvalue weighted by Crippen LogP contribution is 2.16. The maximum Gasteiger partial charge on any atom is 0.157 e. The lowest BCUT2D eigenvalue weighted by molar-refractivity contribution is -0.183. The summed E-state index contributed by atoms with van der Waals surface area (Å²) in [6.07, 6.45) is -0.169. The van der Waals surface area contributed by atoms with Gasteiger partial charge in [0.05, 0.1) is 12.2 Å². The first-order valence-corrected chi connectivity index (χ1v) is 3.20. The molecule has 3 heteroatoms. The number of hydrogen-bond donors (Lipinski definition) is 2. The number of rotatable bonds is 0. The van der Waals surface area contributed by atoms with Gasteiger partial charge in [-0.25, -0.2) is 0 Å². The summed E-state index contributed by atoms with van der Waals surface area (Å²) < 4.78 is 4.95. The van der Waals surface area contributed by atoms with E-state index in [0.717, 1.165) is 0 Å². The summed E-state index contributed by atoms with van der Waals surface area (Å²) in [6.45, 7) is 1.84. The zero-order chi connectivity index (χ0) is 6.85. The molecule has 2 unspecified atom stereocenters. The molecule has 1 fully saturated rings. The van der Waals surface area contributed by atoms with Gasteiger partial charge in [0.1, 0.15) is 0 Å². The van der Waals surface area contributed by atoms with E-state index in [9.17, 15) is 0 Å². The van der Waals surface area contributed by atoms with Crippen molar-refractivity contribution in [2.24, 2.45) is 0 Å². The van der Waals surface area contributed by atoms with Crippen molar-refractivity contribution in [3.63, 3.8) is 0 Å². The van der Waals surface area contributed by atoms with Gasteiger partial charge in [-0.15, -0.1) is 0 Å². The molecular formula is C6H12O3. The van der Waals surface area contributed by atoms with E-state index in [1.165, 1.54) is 0 Å². The van der Waals surface area contributed by atoms with Gasteiger partial charge in [0.15, 0.2) is 6.29 Å². The second kappa shape index (κ2) is 2.64. The van der Waals surface area contributed by atoms with Crippen LogP contribution in [0.15, 0.2) is 0 Å².